The van der Waals surface area contributed by atoms with Crippen LogP contribution in [0.3, 0.4) is 0 Å². The zero-order valence-corrected chi connectivity index (χ0v) is 15.8. The maximum absolute atomic E-state index is 12.8. The van der Waals surface area contributed by atoms with Crippen molar-refractivity contribution in [2.24, 2.45) is 5.92 Å². The summed E-state index contributed by atoms with van der Waals surface area (Å²) in [5.41, 5.74) is 0. The summed E-state index contributed by atoms with van der Waals surface area (Å²) in [6.07, 6.45) is 2.04. The average molecular weight is 369 g/mol. The minimum atomic E-state index is -3.50. The van der Waals surface area contributed by atoms with Gasteiger partial charge in [0.05, 0.1) is 24.7 Å². The van der Waals surface area contributed by atoms with Crippen LogP contribution in [-0.4, -0.2) is 51.4 Å². The van der Waals surface area contributed by atoms with Crippen molar-refractivity contribution in [3.8, 4) is 5.75 Å². The second-order valence-electron chi connectivity index (χ2n) is 7.04. The van der Waals surface area contributed by atoms with Gasteiger partial charge >= 0.3 is 0 Å². The first-order valence-corrected chi connectivity index (χ1v) is 10.4. The van der Waals surface area contributed by atoms with Crippen LogP contribution in [0.15, 0.2) is 29.2 Å². The van der Waals surface area contributed by atoms with Crippen molar-refractivity contribution in [1.29, 1.82) is 0 Å². The van der Waals surface area contributed by atoms with Crippen LogP contribution in [0.2, 0.25) is 0 Å². The van der Waals surface area contributed by atoms with E-state index >= 15 is 0 Å². The number of sulfonamides is 1. The minimum Gasteiger partial charge on any atom is -0.493 e. The van der Waals surface area contributed by atoms with Gasteiger partial charge in [-0.25, -0.2) is 8.42 Å². The second-order valence-corrected chi connectivity index (χ2v) is 8.98. The molecule has 2 heterocycles. The first-order chi connectivity index (χ1) is 11.9. The lowest BCUT2D eigenvalue weighted by Crippen LogP contribution is -2.51. The predicted molar refractivity (Wildman–Crippen MR) is 94.0 cm³/mol. The Morgan fingerprint density at radius 2 is 1.72 bits per heavy atom. The number of hydrogen-bond donors (Lipinski definition) is 0. The molecule has 0 aromatic heterocycles. The monoisotopic (exact) mass is 369 g/mol. The van der Waals surface area contributed by atoms with Gasteiger partial charge in [0.25, 0.3) is 0 Å². The molecule has 0 atom stereocenters. The van der Waals surface area contributed by atoms with Gasteiger partial charge in [0.15, 0.2) is 5.79 Å². The quantitative estimate of drug-likeness (QED) is 0.798. The molecule has 6 nitrogen and oxygen atoms in total. The van der Waals surface area contributed by atoms with Gasteiger partial charge in [-0.3, -0.25) is 0 Å². The smallest absolute Gasteiger partial charge is 0.243 e. The molecule has 2 saturated heterocycles. The summed E-state index contributed by atoms with van der Waals surface area (Å²) in [4.78, 5) is 0.297. The highest BCUT2D eigenvalue weighted by Gasteiger charge is 2.41. The van der Waals surface area contributed by atoms with Crippen molar-refractivity contribution in [3.05, 3.63) is 24.3 Å². The number of rotatable bonds is 5. The van der Waals surface area contributed by atoms with Crippen LogP contribution in [0.5, 0.6) is 5.75 Å². The molecule has 1 spiro atoms. The number of ether oxygens (including phenoxy) is 3. The number of nitrogens with zero attached hydrogens (tertiary/aromatic N) is 1. The normalized spacial score (nSPS) is 21.6. The average Bonchev–Trinajstić information content (AvgIpc) is 2.61. The van der Waals surface area contributed by atoms with Crippen molar-refractivity contribution >= 4 is 10.0 Å². The molecule has 25 heavy (non-hydrogen) atoms. The Bertz CT molecular complexity index is 655. The topological polar surface area (TPSA) is 65.1 Å². The van der Waals surface area contributed by atoms with Crippen molar-refractivity contribution in [2.75, 3.05) is 32.9 Å². The molecule has 7 heteroatoms. The molecular weight excluding hydrogens is 342 g/mol. The largest absolute Gasteiger partial charge is 0.493 e. The zero-order valence-electron chi connectivity index (χ0n) is 14.9. The van der Waals surface area contributed by atoms with E-state index in [1.807, 2.05) is 0 Å². The van der Waals surface area contributed by atoms with E-state index in [0.29, 0.717) is 62.3 Å². The molecule has 2 fully saturated rings. The van der Waals surface area contributed by atoms with Gasteiger partial charge < -0.3 is 14.2 Å². The molecule has 0 unspecified atom stereocenters. The van der Waals surface area contributed by atoms with E-state index < -0.39 is 15.8 Å². The van der Waals surface area contributed by atoms with Crippen LogP contribution in [0, 0.1) is 5.92 Å². The molecule has 1 aromatic carbocycles. The Balaban J connectivity index is 1.63. The standard InChI is InChI=1S/C18H27NO5S/c1-15(2)14-22-16-4-6-17(7-5-16)25(20,21)19-10-8-18(9-11-19)23-12-3-13-24-18/h4-7,15H,3,8-14H2,1-2H3. The van der Waals surface area contributed by atoms with E-state index in [2.05, 4.69) is 13.8 Å². The molecule has 2 aliphatic heterocycles. The van der Waals surface area contributed by atoms with Gasteiger partial charge in [0, 0.05) is 25.9 Å². The Morgan fingerprint density at radius 3 is 2.28 bits per heavy atom. The van der Waals surface area contributed by atoms with E-state index in [-0.39, 0.29) is 0 Å². The van der Waals surface area contributed by atoms with Crippen LogP contribution in [0.1, 0.15) is 33.1 Å². The van der Waals surface area contributed by atoms with E-state index in [1.54, 1.807) is 24.3 Å². The van der Waals surface area contributed by atoms with E-state index in [4.69, 9.17) is 14.2 Å². The second kappa shape index (κ2) is 7.61. The van der Waals surface area contributed by atoms with Crippen LogP contribution >= 0.6 is 0 Å². The fourth-order valence-corrected chi connectivity index (χ4v) is 4.53. The lowest BCUT2D eigenvalue weighted by molar-refractivity contribution is -0.280. The fourth-order valence-electron chi connectivity index (χ4n) is 3.09. The summed E-state index contributed by atoms with van der Waals surface area (Å²) < 4.78 is 44.4. The third-order valence-electron chi connectivity index (χ3n) is 4.55. The molecular formula is C18H27NO5S. The van der Waals surface area contributed by atoms with Gasteiger partial charge in [-0.15, -0.1) is 0 Å². The molecule has 3 rings (SSSR count). The summed E-state index contributed by atoms with van der Waals surface area (Å²) in [5.74, 6) is 0.529. The maximum Gasteiger partial charge on any atom is 0.243 e. The summed E-state index contributed by atoms with van der Waals surface area (Å²) in [5, 5.41) is 0. The fraction of sp³-hybridized carbons (Fsp3) is 0.667. The van der Waals surface area contributed by atoms with Crippen LogP contribution in [-0.2, 0) is 19.5 Å². The molecule has 0 aliphatic carbocycles. The third-order valence-corrected chi connectivity index (χ3v) is 6.46. The summed E-state index contributed by atoms with van der Waals surface area (Å²) >= 11 is 0. The molecule has 0 bridgehead atoms. The van der Waals surface area contributed by atoms with Crippen LogP contribution < -0.4 is 4.74 Å². The highest BCUT2D eigenvalue weighted by Crippen LogP contribution is 2.33. The van der Waals surface area contributed by atoms with Gasteiger partial charge in [0.1, 0.15) is 5.75 Å². The Labute approximate surface area is 150 Å². The highest BCUT2D eigenvalue weighted by molar-refractivity contribution is 7.89. The van der Waals surface area contributed by atoms with Gasteiger partial charge in [-0.2, -0.15) is 4.31 Å². The van der Waals surface area contributed by atoms with Crippen molar-refractivity contribution < 1.29 is 22.6 Å². The Hall–Kier alpha value is -1.15. The van der Waals surface area contributed by atoms with Gasteiger partial charge in [-0.05, 0) is 36.6 Å². The number of piperidine rings is 1. The summed E-state index contributed by atoms with van der Waals surface area (Å²) in [6, 6.07) is 6.66. The van der Waals surface area contributed by atoms with Crippen molar-refractivity contribution in [2.45, 2.75) is 43.8 Å². The SMILES string of the molecule is CC(C)COc1ccc(S(=O)(=O)N2CCC3(CC2)OCCCO3)cc1. The first kappa shape index (κ1) is 18.6. The van der Waals surface area contributed by atoms with Gasteiger partial charge in [-0.1, -0.05) is 13.8 Å². The lowest BCUT2D eigenvalue weighted by atomic mass is 10.0. The van der Waals surface area contributed by atoms with E-state index in [0.717, 1.165) is 6.42 Å². The van der Waals surface area contributed by atoms with Crippen LogP contribution in [0.25, 0.3) is 0 Å². The summed E-state index contributed by atoms with van der Waals surface area (Å²) in [6.45, 7) is 6.95. The third kappa shape index (κ3) is 4.34. The van der Waals surface area contributed by atoms with E-state index in [1.165, 1.54) is 4.31 Å². The lowest BCUT2D eigenvalue weighted by Gasteiger charge is -2.42. The molecule has 0 amide bonds. The molecule has 1 aromatic rings. The van der Waals surface area contributed by atoms with E-state index in [9.17, 15) is 8.42 Å². The predicted octanol–water partition coefficient (Wildman–Crippen LogP) is 2.64. The number of benzene rings is 1. The van der Waals surface area contributed by atoms with Crippen LogP contribution in [0.4, 0.5) is 0 Å². The number of hydrogen-bond acceptors (Lipinski definition) is 5. The molecule has 0 saturated carbocycles. The van der Waals surface area contributed by atoms with Crippen molar-refractivity contribution in [1.82, 2.24) is 4.31 Å². The van der Waals surface area contributed by atoms with Crippen molar-refractivity contribution in [3.63, 3.8) is 0 Å². The Morgan fingerprint density at radius 1 is 1.12 bits per heavy atom. The molecule has 140 valence electrons. The Kier molecular flexibility index (Phi) is 5.68. The maximum atomic E-state index is 12.8. The zero-order chi connectivity index (χ0) is 17.9. The first-order valence-electron chi connectivity index (χ1n) is 8.92. The molecule has 0 N–H and O–H groups in total. The van der Waals surface area contributed by atoms with Gasteiger partial charge in [0.2, 0.25) is 10.0 Å². The molecule has 0 radical (unpaired) electrons. The summed E-state index contributed by atoms with van der Waals surface area (Å²) in [7, 11) is -3.50. The minimum absolute atomic E-state index is 0.297. The highest BCUT2D eigenvalue weighted by atomic mass is 32.2. The molecule has 2 aliphatic rings.